The lowest BCUT2D eigenvalue weighted by molar-refractivity contribution is -0.333. The molecule has 0 radical (unpaired) electrons. The molecule has 2 atom stereocenters. The second-order valence-corrected chi connectivity index (χ2v) is 12.3. The van der Waals surface area contributed by atoms with Crippen molar-refractivity contribution in [1.82, 2.24) is 19.9 Å². The molecule has 3 N–H and O–H groups in total. The first kappa shape index (κ1) is 32.6. The van der Waals surface area contributed by atoms with Crippen LogP contribution >= 0.6 is 0 Å². The van der Waals surface area contributed by atoms with Crippen molar-refractivity contribution in [3.63, 3.8) is 0 Å². The minimum Gasteiger partial charge on any atom is -0.377 e. The van der Waals surface area contributed by atoms with Crippen molar-refractivity contribution >= 4 is 29.2 Å². The summed E-state index contributed by atoms with van der Waals surface area (Å²) < 4.78 is 8.64. The largest absolute Gasteiger partial charge is 0.496 e. The summed E-state index contributed by atoms with van der Waals surface area (Å²) in [5, 5.41) is 19.2. The molecule has 4 aromatic rings. The van der Waals surface area contributed by atoms with E-state index in [2.05, 4.69) is 38.9 Å². The SMILES string of the molecule is CCCC1/C(=[N+](\C(=O)NCc2ccccc2)c2ccc(-c3ccn(C)c(=O)c3)cc2)C1CCCNc1ncc(C#N)c(NC2COC2)n1. The maximum absolute atomic E-state index is 13.9. The van der Waals surface area contributed by atoms with Crippen molar-refractivity contribution in [2.45, 2.75) is 45.2 Å². The monoisotopic (exact) mass is 645 g/mol. The normalized spacial score (nSPS) is 17.9. The number of rotatable bonds is 13. The van der Waals surface area contributed by atoms with E-state index in [1.165, 1.54) is 6.20 Å². The topological polar surface area (TPSA) is 137 Å². The molecule has 2 fully saturated rings. The number of hydrogen-bond donors (Lipinski definition) is 3. The molecule has 1 aliphatic heterocycles. The summed E-state index contributed by atoms with van der Waals surface area (Å²) >= 11 is 0. The summed E-state index contributed by atoms with van der Waals surface area (Å²) in [7, 11) is 1.73. The molecule has 2 aromatic carbocycles. The van der Waals surface area contributed by atoms with Gasteiger partial charge in [-0.3, -0.25) is 4.79 Å². The maximum atomic E-state index is 13.9. The molecule has 0 spiro atoms. The Morgan fingerprint density at radius 3 is 2.52 bits per heavy atom. The lowest BCUT2D eigenvalue weighted by atomic mass is 10.1. The van der Waals surface area contributed by atoms with Crippen LogP contribution in [0.15, 0.2) is 83.9 Å². The molecule has 2 unspecified atom stereocenters. The van der Waals surface area contributed by atoms with E-state index in [1.54, 1.807) is 23.9 Å². The average Bonchev–Trinajstić information content (AvgIpc) is 3.76. The van der Waals surface area contributed by atoms with E-state index in [0.717, 1.165) is 53.8 Å². The van der Waals surface area contributed by atoms with Gasteiger partial charge in [0, 0.05) is 37.7 Å². The first-order valence-electron chi connectivity index (χ1n) is 16.6. The summed E-state index contributed by atoms with van der Waals surface area (Å²) in [6.07, 6.45) is 7.08. The van der Waals surface area contributed by atoms with Crippen LogP contribution in [0.25, 0.3) is 11.1 Å². The van der Waals surface area contributed by atoms with Gasteiger partial charge in [-0.1, -0.05) is 55.8 Å². The Balaban J connectivity index is 1.19. The van der Waals surface area contributed by atoms with E-state index < -0.39 is 0 Å². The Labute approximate surface area is 280 Å². The van der Waals surface area contributed by atoms with Gasteiger partial charge in [0.05, 0.1) is 31.2 Å². The number of carbonyl (C=O) groups excluding carboxylic acids is 1. The predicted molar refractivity (Wildman–Crippen MR) is 185 cm³/mol. The molecule has 1 aliphatic carbocycles. The fourth-order valence-corrected chi connectivity index (χ4v) is 6.16. The molecule has 246 valence electrons. The molecule has 11 nitrogen and oxygen atoms in total. The highest BCUT2D eigenvalue weighted by molar-refractivity contribution is 6.03. The fraction of sp³-hybridized carbons (Fsp3) is 0.351. The quantitative estimate of drug-likeness (QED) is 0.129. The van der Waals surface area contributed by atoms with Crippen molar-refractivity contribution in [1.29, 1.82) is 5.26 Å². The van der Waals surface area contributed by atoms with Gasteiger partial charge >= 0.3 is 6.03 Å². The predicted octanol–water partition coefficient (Wildman–Crippen LogP) is 5.46. The number of amides is 2. The molecule has 2 aromatic heterocycles. The summed E-state index contributed by atoms with van der Waals surface area (Å²) in [5.41, 5.74) is 5.05. The Morgan fingerprint density at radius 1 is 1.06 bits per heavy atom. The van der Waals surface area contributed by atoms with E-state index in [-0.39, 0.29) is 23.6 Å². The number of hydrogen-bond acceptors (Lipinski definition) is 8. The third-order valence-corrected chi connectivity index (χ3v) is 8.91. The third-order valence-electron chi connectivity index (χ3n) is 8.91. The van der Waals surface area contributed by atoms with Gasteiger partial charge < -0.3 is 19.9 Å². The minimum absolute atomic E-state index is 0.0709. The summed E-state index contributed by atoms with van der Waals surface area (Å²) in [6, 6.07) is 23.5. The van der Waals surface area contributed by atoms with E-state index in [4.69, 9.17) is 4.74 Å². The zero-order valence-electron chi connectivity index (χ0n) is 27.4. The lowest BCUT2D eigenvalue weighted by Gasteiger charge is -2.27. The molecule has 2 aliphatic rings. The van der Waals surface area contributed by atoms with Crippen LogP contribution < -0.4 is 21.5 Å². The average molecular weight is 646 g/mol. The van der Waals surface area contributed by atoms with E-state index in [1.807, 2.05) is 65.2 Å². The molecule has 2 amide bonds. The van der Waals surface area contributed by atoms with Gasteiger partial charge in [-0.05, 0) is 54.2 Å². The van der Waals surface area contributed by atoms with Crippen LogP contribution in [0.1, 0.15) is 43.7 Å². The summed E-state index contributed by atoms with van der Waals surface area (Å²) in [6.45, 7) is 4.45. The molecule has 11 heteroatoms. The number of carbonyl (C=O) groups is 1. The highest BCUT2D eigenvalue weighted by Gasteiger charge is 2.51. The van der Waals surface area contributed by atoms with Gasteiger partial charge in [0.25, 0.3) is 5.56 Å². The molecule has 1 saturated carbocycles. The van der Waals surface area contributed by atoms with Gasteiger partial charge in [0.2, 0.25) is 5.95 Å². The number of aromatic nitrogens is 3. The van der Waals surface area contributed by atoms with E-state index in [9.17, 15) is 14.9 Å². The number of benzene rings is 2. The van der Waals surface area contributed by atoms with Gasteiger partial charge in [-0.2, -0.15) is 19.6 Å². The first-order chi connectivity index (χ1) is 23.4. The van der Waals surface area contributed by atoms with Crippen LogP contribution in [0.4, 0.5) is 22.2 Å². The Hall–Kier alpha value is -5.34. The zero-order chi connectivity index (χ0) is 33.5. The number of urea groups is 1. The lowest BCUT2D eigenvalue weighted by Crippen LogP contribution is -2.40. The van der Waals surface area contributed by atoms with Gasteiger partial charge in [0.1, 0.15) is 29.7 Å². The highest BCUT2D eigenvalue weighted by Crippen LogP contribution is 2.43. The molecular weight excluding hydrogens is 604 g/mol. The van der Waals surface area contributed by atoms with Gasteiger partial charge in [-0.15, -0.1) is 0 Å². The van der Waals surface area contributed by atoms with Crippen LogP contribution in [0.3, 0.4) is 0 Å². The number of nitriles is 1. The minimum atomic E-state index is -0.153. The van der Waals surface area contributed by atoms with Crippen LogP contribution in [0.5, 0.6) is 0 Å². The number of anilines is 2. The summed E-state index contributed by atoms with van der Waals surface area (Å²) in [5.74, 6) is 1.56. The van der Waals surface area contributed by atoms with Crippen molar-refractivity contribution in [3.05, 3.63) is 101 Å². The molecule has 3 heterocycles. The molecule has 1 saturated heterocycles. The molecule has 48 heavy (non-hydrogen) atoms. The van der Waals surface area contributed by atoms with Gasteiger partial charge in [-0.25, -0.2) is 10.3 Å². The maximum Gasteiger partial charge on any atom is 0.496 e. The van der Waals surface area contributed by atoms with E-state index >= 15 is 0 Å². The Morgan fingerprint density at radius 2 is 1.83 bits per heavy atom. The van der Waals surface area contributed by atoms with Crippen LogP contribution in [0.2, 0.25) is 0 Å². The van der Waals surface area contributed by atoms with Crippen LogP contribution in [-0.4, -0.2) is 56.7 Å². The third kappa shape index (κ3) is 7.61. The van der Waals surface area contributed by atoms with Crippen LogP contribution in [0, 0.1) is 23.2 Å². The highest BCUT2D eigenvalue weighted by atomic mass is 16.5. The first-order valence-corrected chi connectivity index (χ1v) is 16.6. The fourth-order valence-electron chi connectivity index (χ4n) is 6.16. The molecule has 0 bridgehead atoms. The second kappa shape index (κ2) is 15.0. The van der Waals surface area contributed by atoms with Crippen molar-refractivity contribution in [2.75, 3.05) is 30.4 Å². The Bertz CT molecular complexity index is 1880. The summed E-state index contributed by atoms with van der Waals surface area (Å²) in [4.78, 5) is 35.0. The molecular formula is C37H41N8O3+. The number of nitrogens with one attached hydrogen (secondary N) is 3. The second-order valence-electron chi connectivity index (χ2n) is 12.3. The van der Waals surface area contributed by atoms with Crippen molar-refractivity contribution < 1.29 is 14.1 Å². The zero-order valence-corrected chi connectivity index (χ0v) is 27.4. The smallest absolute Gasteiger partial charge is 0.377 e. The van der Waals surface area contributed by atoms with Crippen molar-refractivity contribution in [2.24, 2.45) is 18.9 Å². The van der Waals surface area contributed by atoms with Crippen LogP contribution in [-0.2, 0) is 18.3 Å². The number of pyridine rings is 1. The number of nitrogens with zero attached hydrogens (tertiary/aromatic N) is 5. The number of ether oxygens (including phenoxy) is 1. The van der Waals surface area contributed by atoms with E-state index in [0.29, 0.717) is 49.6 Å². The Kier molecular flexibility index (Phi) is 10.2. The number of aryl methyl sites for hydroxylation is 1. The standard InChI is InChI=1S/C37H40N8O3/c1-3-8-31-32(11-7-17-39-36-40-22-28(20-38)35(43-36)42-29-23-48-24-29)34(31)45(37(47)41-21-25-9-5-4-6-10-25)30-14-12-26(13-15-30)27-16-18-44(2)33(46)19-27/h4-6,9-10,12-16,18-19,22,29,31-32H,3,7-8,11,17,21,23-24H2,1-2H3,(H2-,39,40,41,42,43,47)/p+1/b45-34+. The van der Waals surface area contributed by atoms with Crippen molar-refractivity contribution in [3.8, 4) is 17.2 Å². The molecule has 6 rings (SSSR count). The van der Waals surface area contributed by atoms with Gasteiger partial charge in [0.15, 0.2) is 0 Å².